The summed E-state index contributed by atoms with van der Waals surface area (Å²) in [7, 11) is 1.63. The van der Waals surface area contributed by atoms with E-state index in [0.717, 1.165) is 22.6 Å². The van der Waals surface area contributed by atoms with E-state index in [0.29, 0.717) is 37.1 Å². The number of fused-ring (bicyclic) bond motifs is 2. The Morgan fingerprint density at radius 2 is 2.10 bits per heavy atom. The Balaban J connectivity index is 2.15. The maximum absolute atomic E-state index is 5.66. The zero-order valence-electron chi connectivity index (χ0n) is 11.1. The number of aromatic nitrogens is 2. The van der Waals surface area contributed by atoms with Crippen LogP contribution in [0.15, 0.2) is 12.1 Å². The van der Waals surface area contributed by atoms with E-state index < -0.39 is 0 Å². The number of methoxy groups -OCH3 is 1. The molecule has 0 unspecified atom stereocenters. The fourth-order valence-electron chi connectivity index (χ4n) is 2.28. The Bertz CT molecular complexity index is 668. The Morgan fingerprint density at radius 3 is 2.75 bits per heavy atom. The first-order chi connectivity index (χ1) is 9.69. The molecule has 0 amide bonds. The van der Waals surface area contributed by atoms with Crippen LogP contribution in [0.5, 0.6) is 11.5 Å². The van der Waals surface area contributed by atoms with E-state index in [-0.39, 0.29) is 0 Å². The molecular formula is C13H15N3O3S. The van der Waals surface area contributed by atoms with Crippen molar-refractivity contribution in [1.82, 2.24) is 9.55 Å². The van der Waals surface area contributed by atoms with Crippen LogP contribution in [0.2, 0.25) is 0 Å². The van der Waals surface area contributed by atoms with E-state index in [2.05, 4.69) is 4.98 Å². The Labute approximate surface area is 121 Å². The fourth-order valence-corrected chi connectivity index (χ4v) is 2.41. The molecule has 0 saturated heterocycles. The fraction of sp³-hybridized carbons (Fsp3) is 0.385. The molecule has 2 aromatic rings. The van der Waals surface area contributed by atoms with Crippen molar-refractivity contribution >= 4 is 28.2 Å². The maximum atomic E-state index is 5.66. The van der Waals surface area contributed by atoms with Crippen molar-refractivity contribution in [2.24, 2.45) is 5.73 Å². The largest absolute Gasteiger partial charge is 0.486 e. The van der Waals surface area contributed by atoms with Crippen LogP contribution in [-0.4, -0.2) is 34.9 Å². The number of nitrogens with zero attached hydrogens (tertiary/aromatic N) is 2. The van der Waals surface area contributed by atoms with Crippen molar-refractivity contribution in [3.05, 3.63) is 18.0 Å². The summed E-state index contributed by atoms with van der Waals surface area (Å²) in [5, 5.41) is 0. The molecule has 2 heterocycles. The molecule has 1 aliphatic heterocycles. The molecule has 2 N–H and O–H groups in total. The van der Waals surface area contributed by atoms with Crippen LogP contribution in [0.4, 0.5) is 0 Å². The highest BCUT2D eigenvalue weighted by molar-refractivity contribution is 7.80. The van der Waals surface area contributed by atoms with Gasteiger partial charge in [-0.3, -0.25) is 0 Å². The Kier molecular flexibility index (Phi) is 3.45. The van der Waals surface area contributed by atoms with Gasteiger partial charge < -0.3 is 24.5 Å². The molecule has 0 fully saturated rings. The van der Waals surface area contributed by atoms with Crippen LogP contribution >= 0.6 is 12.2 Å². The van der Waals surface area contributed by atoms with Gasteiger partial charge in [-0.2, -0.15) is 0 Å². The van der Waals surface area contributed by atoms with Crippen LogP contribution in [0.25, 0.3) is 11.0 Å². The number of ether oxygens (including phenoxy) is 3. The summed E-state index contributed by atoms with van der Waals surface area (Å²) < 4.78 is 18.3. The second-order valence-corrected chi connectivity index (χ2v) is 5.02. The molecule has 1 aliphatic rings. The molecule has 1 aromatic carbocycles. The molecule has 0 saturated carbocycles. The summed E-state index contributed by atoms with van der Waals surface area (Å²) in [6.45, 7) is 1.91. The molecule has 20 heavy (non-hydrogen) atoms. The third kappa shape index (κ3) is 2.30. The topological polar surface area (TPSA) is 71.5 Å². The lowest BCUT2D eigenvalue weighted by Gasteiger charge is -2.18. The van der Waals surface area contributed by atoms with Gasteiger partial charge in [0.2, 0.25) is 0 Å². The van der Waals surface area contributed by atoms with Crippen molar-refractivity contribution in [2.75, 3.05) is 20.3 Å². The molecule has 6 nitrogen and oxygen atoms in total. The highest BCUT2D eigenvalue weighted by Crippen LogP contribution is 2.34. The Hall–Kier alpha value is -1.86. The van der Waals surface area contributed by atoms with Crippen molar-refractivity contribution in [2.45, 2.75) is 13.2 Å². The minimum absolute atomic E-state index is 0.393. The zero-order chi connectivity index (χ0) is 14.1. The average molecular weight is 293 g/mol. The lowest BCUT2D eigenvalue weighted by Crippen LogP contribution is -2.19. The predicted octanol–water partition coefficient (Wildman–Crippen LogP) is 1.24. The predicted molar refractivity (Wildman–Crippen MR) is 78.2 cm³/mol. The first kappa shape index (κ1) is 13.1. The summed E-state index contributed by atoms with van der Waals surface area (Å²) in [6.07, 6.45) is 0. The number of imidazole rings is 1. The van der Waals surface area contributed by atoms with Crippen molar-refractivity contribution < 1.29 is 14.2 Å². The molecule has 0 atom stereocenters. The van der Waals surface area contributed by atoms with Gasteiger partial charge >= 0.3 is 0 Å². The van der Waals surface area contributed by atoms with Crippen LogP contribution in [0.1, 0.15) is 5.82 Å². The van der Waals surface area contributed by atoms with Gasteiger partial charge in [0, 0.05) is 19.2 Å². The smallest absolute Gasteiger partial charge is 0.163 e. The molecule has 0 radical (unpaired) electrons. The molecule has 0 bridgehead atoms. The first-order valence-corrected chi connectivity index (χ1v) is 6.66. The van der Waals surface area contributed by atoms with Gasteiger partial charge in [0.15, 0.2) is 11.5 Å². The molecule has 0 aliphatic carbocycles. The minimum atomic E-state index is 0.393. The second kappa shape index (κ2) is 5.26. The number of hydrogen-bond donors (Lipinski definition) is 1. The summed E-state index contributed by atoms with van der Waals surface area (Å²) in [4.78, 5) is 4.95. The van der Waals surface area contributed by atoms with E-state index in [4.69, 9.17) is 32.2 Å². The standard InChI is InChI=1S/C13H15N3O3S/c1-17-7-13-15-8-4-10-11(19-3-2-18-10)5-9(8)16(13)6-12(14)20/h4-5H,2-3,6-7H2,1H3,(H2,14,20). The lowest BCUT2D eigenvalue weighted by atomic mass is 10.2. The SMILES string of the molecule is COCc1nc2cc3c(cc2n1CC(N)=S)OCCO3. The van der Waals surface area contributed by atoms with Crippen LogP contribution < -0.4 is 15.2 Å². The quantitative estimate of drug-likeness (QED) is 0.855. The third-order valence-electron chi connectivity index (χ3n) is 3.08. The highest BCUT2D eigenvalue weighted by Gasteiger charge is 2.18. The monoisotopic (exact) mass is 293 g/mol. The van der Waals surface area contributed by atoms with Crippen LogP contribution in [0, 0.1) is 0 Å². The summed E-state index contributed by atoms with van der Waals surface area (Å²) in [5.41, 5.74) is 7.39. The number of benzene rings is 1. The van der Waals surface area contributed by atoms with Gasteiger partial charge in [-0.15, -0.1) is 0 Å². The van der Waals surface area contributed by atoms with Gasteiger partial charge in [-0.25, -0.2) is 4.98 Å². The molecule has 106 valence electrons. The lowest BCUT2D eigenvalue weighted by molar-refractivity contribution is 0.172. The van der Waals surface area contributed by atoms with E-state index in [1.54, 1.807) is 7.11 Å². The van der Waals surface area contributed by atoms with Crippen LogP contribution in [-0.2, 0) is 17.9 Å². The third-order valence-corrected chi connectivity index (χ3v) is 3.21. The summed E-state index contributed by atoms with van der Waals surface area (Å²) in [5.74, 6) is 2.21. The van der Waals surface area contributed by atoms with Crippen molar-refractivity contribution in [1.29, 1.82) is 0 Å². The van der Waals surface area contributed by atoms with E-state index in [1.165, 1.54) is 0 Å². The number of hydrogen-bond acceptors (Lipinski definition) is 5. The average Bonchev–Trinajstić information content (AvgIpc) is 2.74. The van der Waals surface area contributed by atoms with E-state index >= 15 is 0 Å². The summed E-state index contributed by atoms with van der Waals surface area (Å²) in [6, 6.07) is 3.79. The number of thiocarbonyl (C=S) groups is 1. The van der Waals surface area contributed by atoms with E-state index in [9.17, 15) is 0 Å². The molecule has 7 heteroatoms. The van der Waals surface area contributed by atoms with Gasteiger partial charge in [0.1, 0.15) is 25.6 Å². The molecule has 3 rings (SSSR count). The first-order valence-electron chi connectivity index (χ1n) is 6.25. The summed E-state index contributed by atoms with van der Waals surface area (Å²) >= 11 is 5.00. The normalized spacial score (nSPS) is 13.7. The van der Waals surface area contributed by atoms with Crippen molar-refractivity contribution in [3.8, 4) is 11.5 Å². The number of nitrogens with two attached hydrogens (primary N) is 1. The van der Waals surface area contributed by atoms with E-state index in [1.807, 2.05) is 16.7 Å². The van der Waals surface area contributed by atoms with Crippen molar-refractivity contribution in [3.63, 3.8) is 0 Å². The number of rotatable bonds is 4. The minimum Gasteiger partial charge on any atom is -0.486 e. The highest BCUT2D eigenvalue weighted by atomic mass is 32.1. The molecule has 0 spiro atoms. The van der Waals surface area contributed by atoms with Gasteiger partial charge in [-0.05, 0) is 0 Å². The van der Waals surface area contributed by atoms with Crippen LogP contribution in [0.3, 0.4) is 0 Å². The maximum Gasteiger partial charge on any atom is 0.163 e. The van der Waals surface area contributed by atoms with Gasteiger partial charge in [-0.1, -0.05) is 12.2 Å². The zero-order valence-corrected chi connectivity index (χ0v) is 11.9. The van der Waals surface area contributed by atoms with Gasteiger partial charge in [0.05, 0.1) is 22.6 Å². The molecular weight excluding hydrogens is 278 g/mol. The Morgan fingerprint density at radius 1 is 1.40 bits per heavy atom. The molecule has 1 aromatic heterocycles. The van der Waals surface area contributed by atoms with Gasteiger partial charge in [0.25, 0.3) is 0 Å². The second-order valence-electron chi connectivity index (χ2n) is 4.50.